The van der Waals surface area contributed by atoms with Gasteiger partial charge in [-0.25, -0.2) is 9.07 Å². The fraction of sp³-hybridized carbons (Fsp3) is 0.231. The Morgan fingerprint density at radius 2 is 2.10 bits per heavy atom. The highest BCUT2D eigenvalue weighted by Crippen LogP contribution is 2.36. The molecule has 0 radical (unpaired) electrons. The predicted molar refractivity (Wildman–Crippen MR) is 71.8 cm³/mol. The number of thioether (sulfide) groups is 1. The van der Waals surface area contributed by atoms with E-state index in [1.807, 2.05) is 0 Å². The second kappa shape index (κ2) is 5.54. The van der Waals surface area contributed by atoms with Crippen LogP contribution in [-0.4, -0.2) is 26.0 Å². The summed E-state index contributed by atoms with van der Waals surface area (Å²) < 4.78 is 14.5. The molecule has 0 bridgehead atoms. The summed E-state index contributed by atoms with van der Waals surface area (Å²) in [6.45, 7) is 0. The smallest absolute Gasteiger partial charge is 0.213 e. The Balaban J connectivity index is 1.63. The summed E-state index contributed by atoms with van der Waals surface area (Å²) >= 11 is 1.30. The van der Waals surface area contributed by atoms with Crippen LogP contribution in [0.1, 0.15) is 29.2 Å². The first-order valence-corrected chi connectivity index (χ1v) is 7.03. The summed E-state index contributed by atoms with van der Waals surface area (Å²) in [7, 11) is 0. The first kappa shape index (κ1) is 13.0. The van der Waals surface area contributed by atoms with E-state index in [2.05, 4.69) is 15.5 Å². The maximum atomic E-state index is 12.8. The molecule has 0 spiro atoms. The Bertz CT molecular complexity index is 649. The number of tetrazole rings is 1. The van der Waals surface area contributed by atoms with Crippen LogP contribution in [0, 0.1) is 5.82 Å². The van der Waals surface area contributed by atoms with Crippen molar-refractivity contribution in [1.82, 2.24) is 20.2 Å². The van der Waals surface area contributed by atoms with Crippen molar-refractivity contribution < 1.29 is 9.18 Å². The van der Waals surface area contributed by atoms with E-state index in [1.165, 1.54) is 42.1 Å². The number of nitrogens with zero attached hydrogens (tertiary/aromatic N) is 4. The zero-order valence-electron chi connectivity index (χ0n) is 10.4. The number of carbonyl (C=O) groups is 1. The number of halogens is 1. The molecule has 0 N–H and O–H groups in total. The molecule has 7 heteroatoms. The molecule has 0 atom stereocenters. The Hall–Kier alpha value is -2.02. The highest BCUT2D eigenvalue weighted by atomic mass is 32.2. The van der Waals surface area contributed by atoms with E-state index in [1.54, 1.807) is 10.1 Å². The molecule has 2 aromatic rings. The van der Waals surface area contributed by atoms with Gasteiger partial charge in [0, 0.05) is 5.56 Å². The van der Waals surface area contributed by atoms with Crippen LogP contribution in [0.15, 0.2) is 40.9 Å². The highest BCUT2D eigenvalue weighted by molar-refractivity contribution is 8.02. The van der Waals surface area contributed by atoms with Gasteiger partial charge in [0.25, 0.3) is 0 Å². The summed E-state index contributed by atoms with van der Waals surface area (Å²) in [5.74, 6) is -0.536. The van der Waals surface area contributed by atoms with Crippen LogP contribution in [0.3, 0.4) is 0 Å². The lowest BCUT2D eigenvalue weighted by Crippen LogP contribution is -1.98. The number of ketones is 1. The average molecular weight is 290 g/mol. The minimum absolute atomic E-state index is 0.178. The summed E-state index contributed by atoms with van der Waals surface area (Å²) in [5.41, 5.74) is 0.449. The third-order valence-electron chi connectivity index (χ3n) is 2.88. The largest absolute Gasteiger partial charge is 0.289 e. The highest BCUT2D eigenvalue weighted by Gasteiger charge is 2.27. The fourth-order valence-corrected chi connectivity index (χ4v) is 2.37. The molecule has 1 aromatic heterocycles. The zero-order chi connectivity index (χ0) is 13.9. The molecule has 1 saturated carbocycles. The lowest BCUT2D eigenvalue weighted by molar-refractivity contribution is 0.104. The quantitative estimate of drug-likeness (QED) is 0.481. The van der Waals surface area contributed by atoms with Gasteiger partial charge in [0.15, 0.2) is 5.78 Å². The van der Waals surface area contributed by atoms with E-state index in [-0.39, 0.29) is 11.6 Å². The van der Waals surface area contributed by atoms with Crippen LogP contribution >= 0.6 is 11.8 Å². The molecule has 102 valence electrons. The van der Waals surface area contributed by atoms with E-state index in [0.29, 0.717) is 16.8 Å². The van der Waals surface area contributed by atoms with Crippen LogP contribution in [0.2, 0.25) is 0 Å². The van der Waals surface area contributed by atoms with Crippen LogP contribution in [0.5, 0.6) is 0 Å². The van der Waals surface area contributed by atoms with Crippen LogP contribution in [0.4, 0.5) is 4.39 Å². The molecular weight excluding hydrogens is 279 g/mol. The van der Waals surface area contributed by atoms with Gasteiger partial charge in [-0.05, 0) is 59.0 Å². The lowest BCUT2D eigenvalue weighted by atomic mass is 10.1. The second-order valence-electron chi connectivity index (χ2n) is 4.43. The molecule has 20 heavy (non-hydrogen) atoms. The van der Waals surface area contributed by atoms with Crippen LogP contribution in [-0.2, 0) is 0 Å². The van der Waals surface area contributed by atoms with Gasteiger partial charge in [0.05, 0.1) is 6.04 Å². The summed E-state index contributed by atoms with van der Waals surface area (Å²) in [4.78, 5) is 11.8. The monoisotopic (exact) mass is 290 g/mol. The number of benzene rings is 1. The van der Waals surface area contributed by atoms with Gasteiger partial charge in [-0.1, -0.05) is 11.8 Å². The standard InChI is InChI=1S/C13H11FN4OS/c14-10-3-1-9(2-4-10)12(19)7-8-20-13-15-16-17-18(13)11-5-6-11/h1-4,7-8,11H,5-6H2/b8-7+. The number of rotatable bonds is 5. The lowest BCUT2D eigenvalue weighted by Gasteiger charge is -1.98. The third-order valence-corrected chi connectivity index (χ3v) is 3.63. The minimum Gasteiger partial charge on any atom is -0.289 e. The third kappa shape index (κ3) is 2.93. The van der Waals surface area contributed by atoms with E-state index < -0.39 is 0 Å². The van der Waals surface area contributed by atoms with Crippen molar-refractivity contribution in [3.8, 4) is 0 Å². The van der Waals surface area contributed by atoms with Crippen molar-refractivity contribution in [3.05, 3.63) is 47.1 Å². The van der Waals surface area contributed by atoms with E-state index in [4.69, 9.17) is 0 Å². The summed E-state index contributed by atoms with van der Waals surface area (Å²) in [6.07, 6.45) is 3.62. The molecule has 1 aliphatic carbocycles. The topological polar surface area (TPSA) is 60.7 Å². The van der Waals surface area contributed by atoms with E-state index in [0.717, 1.165) is 12.8 Å². The maximum absolute atomic E-state index is 12.8. The van der Waals surface area contributed by atoms with Crippen LogP contribution < -0.4 is 0 Å². The first-order chi connectivity index (χ1) is 9.74. The fourth-order valence-electron chi connectivity index (χ4n) is 1.68. The summed E-state index contributed by atoms with van der Waals surface area (Å²) in [6, 6.07) is 5.85. The SMILES string of the molecule is O=C(/C=C/Sc1nnnn1C1CC1)c1ccc(F)cc1. The van der Waals surface area contributed by atoms with Crippen molar-refractivity contribution in [2.45, 2.75) is 24.0 Å². The number of hydrogen-bond acceptors (Lipinski definition) is 5. The summed E-state index contributed by atoms with van der Waals surface area (Å²) in [5, 5.41) is 13.8. The molecule has 5 nitrogen and oxygen atoms in total. The number of carbonyl (C=O) groups excluding carboxylic acids is 1. The van der Waals surface area contributed by atoms with Gasteiger partial charge in [-0.2, -0.15) is 0 Å². The zero-order valence-corrected chi connectivity index (χ0v) is 11.3. The molecule has 1 heterocycles. The molecular formula is C13H11FN4OS. The van der Waals surface area contributed by atoms with Crippen molar-refractivity contribution in [2.24, 2.45) is 0 Å². The van der Waals surface area contributed by atoms with Gasteiger partial charge in [0.2, 0.25) is 5.16 Å². The first-order valence-electron chi connectivity index (χ1n) is 6.15. The predicted octanol–water partition coefficient (Wildman–Crippen LogP) is 2.64. The Labute approximate surface area is 118 Å². The van der Waals surface area contributed by atoms with Gasteiger partial charge in [0.1, 0.15) is 5.82 Å². The number of aromatic nitrogens is 4. The molecule has 1 fully saturated rings. The van der Waals surface area contributed by atoms with Crippen LogP contribution in [0.25, 0.3) is 0 Å². The van der Waals surface area contributed by atoms with Crippen molar-refractivity contribution in [1.29, 1.82) is 0 Å². The molecule has 0 amide bonds. The van der Waals surface area contributed by atoms with Gasteiger partial charge in [-0.15, -0.1) is 5.10 Å². The maximum Gasteiger partial charge on any atom is 0.213 e. The van der Waals surface area contributed by atoms with Gasteiger partial charge in [-0.3, -0.25) is 4.79 Å². The molecule has 0 aliphatic heterocycles. The normalized spacial score (nSPS) is 14.8. The Morgan fingerprint density at radius 3 is 2.80 bits per heavy atom. The van der Waals surface area contributed by atoms with E-state index in [9.17, 15) is 9.18 Å². The number of hydrogen-bond donors (Lipinski definition) is 0. The van der Waals surface area contributed by atoms with Gasteiger partial charge < -0.3 is 0 Å². The van der Waals surface area contributed by atoms with E-state index >= 15 is 0 Å². The Kier molecular flexibility index (Phi) is 3.60. The number of allylic oxidation sites excluding steroid dienone is 1. The minimum atomic E-state index is -0.358. The Morgan fingerprint density at radius 1 is 1.35 bits per heavy atom. The molecule has 1 aliphatic rings. The molecule has 0 saturated heterocycles. The van der Waals surface area contributed by atoms with Crippen molar-refractivity contribution >= 4 is 17.5 Å². The molecule has 1 aromatic carbocycles. The van der Waals surface area contributed by atoms with Crippen molar-refractivity contribution in [3.63, 3.8) is 0 Å². The van der Waals surface area contributed by atoms with Crippen molar-refractivity contribution in [2.75, 3.05) is 0 Å². The van der Waals surface area contributed by atoms with Gasteiger partial charge >= 0.3 is 0 Å². The molecule has 0 unspecified atom stereocenters. The average Bonchev–Trinajstić information content (AvgIpc) is 3.19. The second-order valence-corrected chi connectivity index (χ2v) is 5.30. The molecule has 3 rings (SSSR count).